The minimum Gasteiger partial charge on any atom is -0.504 e. The third-order valence-electron chi connectivity index (χ3n) is 6.64. The second-order valence-electron chi connectivity index (χ2n) is 12.5. The number of phenolic OH excluding ortho intramolecular Hbond substituents is 2. The van der Waals surface area contributed by atoms with Crippen LogP contribution in [0, 0.1) is 0 Å². The van der Waals surface area contributed by atoms with Crippen LogP contribution >= 0.6 is 7.94 Å². The lowest BCUT2D eigenvalue weighted by atomic mass is 9.77. The van der Waals surface area contributed by atoms with Crippen LogP contribution < -0.4 is 18.9 Å². The Hall–Kier alpha value is -2.65. The lowest BCUT2D eigenvalue weighted by molar-refractivity contribution is 0.372. The van der Waals surface area contributed by atoms with Crippen LogP contribution in [0.15, 0.2) is 30.3 Å². The third-order valence-corrected chi connectivity index (χ3v) is 8.89. The number of rotatable bonds is 1. The van der Waals surface area contributed by atoms with Gasteiger partial charge in [-0.15, -0.1) is 0 Å². The zero-order valence-electron chi connectivity index (χ0n) is 21.5. The van der Waals surface area contributed by atoms with Gasteiger partial charge in [0, 0.05) is 11.6 Å². The molecule has 3 aromatic carbocycles. The molecule has 0 saturated carbocycles. The van der Waals surface area contributed by atoms with E-state index in [9.17, 15) is 10.2 Å². The molecule has 0 spiro atoms. The largest absolute Gasteiger partial charge is 0.581 e. The Labute approximate surface area is 202 Å². The lowest BCUT2D eigenvalue weighted by Crippen LogP contribution is -2.30. The Morgan fingerprint density at radius 1 is 0.647 bits per heavy atom. The van der Waals surface area contributed by atoms with Gasteiger partial charge in [0.15, 0.2) is 5.75 Å². The van der Waals surface area contributed by atoms with Crippen molar-refractivity contribution < 1.29 is 23.8 Å². The van der Waals surface area contributed by atoms with Gasteiger partial charge in [0.25, 0.3) is 11.5 Å². The molecule has 0 aliphatic carbocycles. The molecule has 0 saturated heterocycles. The molecule has 0 fully saturated rings. The summed E-state index contributed by atoms with van der Waals surface area (Å²) in [5.74, 6) is 0.337. The molecule has 1 atom stereocenters. The quantitative estimate of drug-likeness (QED) is 0.280. The standard InChI is InChI=1S/C28H33O5P/c1-26(2,3)16-10-15-11-19(28(7,8)9)22(13-17(15)18(12-16)27(4,5)6)34-31-21-14-20(29)23(30)25(33-34)24(21)32-34/h10-14H,1-9H3,(H-,29,30)/p+1. The van der Waals surface area contributed by atoms with Gasteiger partial charge in [0.05, 0.1) is 0 Å². The first-order valence-corrected chi connectivity index (χ1v) is 13.3. The van der Waals surface area contributed by atoms with E-state index in [1.54, 1.807) is 0 Å². The number of hydrogen-bond acceptors (Lipinski definition) is 5. The minimum atomic E-state index is -3.05. The summed E-state index contributed by atoms with van der Waals surface area (Å²) in [6.45, 7) is 19.9. The molecule has 0 aromatic heterocycles. The number of phenols is 2. The highest BCUT2D eigenvalue weighted by atomic mass is 31.2. The van der Waals surface area contributed by atoms with Gasteiger partial charge in [0.2, 0.25) is 16.8 Å². The average Bonchev–Trinajstić information content (AvgIpc) is 3.26. The van der Waals surface area contributed by atoms with E-state index >= 15 is 0 Å². The number of benzene rings is 3. The molecule has 3 aromatic rings. The van der Waals surface area contributed by atoms with E-state index in [-0.39, 0.29) is 33.5 Å². The normalized spacial score (nSPS) is 19.2. The van der Waals surface area contributed by atoms with E-state index < -0.39 is 7.94 Å². The summed E-state index contributed by atoms with van der Waals surface area (Å²) in [7, 11) is -3.05. The zero-order valence-corrected chi connectivity index (χ0v) is 22.3. The molecule has 2 aliphatic heterocycles. The first-order chi connectivity index (χ1) is 15.5. The minimum absolute atomic E-state index is 0.0168. The average molecular weight is 482 g/mol. The van der Waals surface area contributed by atoms with E-state index in [1.807, 2.05) is 0 Å². The van der Waals surface area contributed by atoms with Crippen molar-refractivity contribution in [2.45, 2.75) is 78.6 Å². The number of fused-ring (bicyclic) bond motifs is 2. The van der Waals surface area contributed by atoms with Gasteiger partial charge in [-0.2, -0.15) is 0 Å². The van der Waals surface area contributed by atoms with Crippen molar-refractivity contribution in [2.24, 2.45) is 0 Å². The van der Waals surface area contributed by atoms with Crippen LogP contribution in [0.2, 0.25) is 0 Å². The molecule has 0 radical (unpaired) electrons. The van der Waals surface area contributed by atoms with Gasteiger partial charge >= 0.3 is 7.94 Å². The smallest absolute Gasteiger partial charge is 0.504 e. The maximum atomic E-state index is 10.4. The molecule has 2 N–H and O–H groups in total. The Morgan fingerprint density at radius 2 is 1.26 bits per heavy atom. The summed E-state index contributed by atoms with van der Waals surface area (Å²) in [6.07, 6.45) is 0. The Balaban J connectivity index is 1.81. The van der Waals surface area contributed by atoms with Crippen molar-refractivity contribution in [3.8, 4) is 28.7 Å². The highest BCUT2D eigenvalue weighted by molar-refractivity contribution is 7.71. The van der Waals surface area contributed by atoms with Crippen LogP contribution in [0.3, 0.4) is 0 Å². The predicted molar refractivity (Wildman–Crippen MR) is 138 cm³/mol. The molecule has 180 valence electrons. The summed E-state index contributed by atoms with van der Waals surface area (Å²) in [5.41, 5.74) is 3.35. The molecule has 6 heteroatoms. The van der Waals surface area contributed by atoms with Crippen LogP contribution in [0.5, 0.6) is 28.7 Å². The molecule has 2 aliphatic rings. The van der Waals surface area contributed by atoms with Gasteiger partial charge in [-0.1, -0.05) is 74.4 Å². The van der Waals surface area contributed by atoms with Crippen molar-refractivity contribution in [3.63, 3.8) is 0 Å². The van der Waals surface area contributed by atoms with Crippen LogP contribution in [0.4, 0.5) is 0 Å². The SMILES string of the molecule is CC(C)(C)c1cc(C(C)(C)C)c2cc([P+]34Oc5cc(O)c(O)c(c5O3)O4)c(C(C)(C)C)cc2c1. The third kappa shape index (κ3) is 3.32. The van der Waals surface area contributed by atoms with Gasteiger partial charge in [0.1, 0.15) is 0 Å². The van der Waals surface area contributed by atoms with Crippen LogP contribution in [-0.4, -0.2) is 10.2 Å². The molecule has 5 rings (SSSR count). The van der Waals surface area contributed by atoms with Gasteiger partial charge in [-0.05, 0) is 50.3 Å². The number of hydrogen-bond donors (Lipinski definition) is 2. The second-order valence-corrected chi connectivity index (χ2v) is 14.6. The van der Waals surface area contributed by atoms with E-state index in [0.29, 0.717) is 11.5 Å². The summed E-state index contributed by atoms with van der Waals surface area (Å²) in [5, 5.41) is 23.6. The summed E-state index contributed by atoms with van der Waals surface area (Å²) >= 11 is 0. The van der Waals surface area contributed by atoms with E-state index in [0.717, 1.165) is 16.3 Å². The summed E-state index contributed by atoms with van der Waals surface area (Å²) < 4.78 is 18.8. The molecule has 0 amide bonds. The Morgan fingerprint density at radius 3 is 1.85 bits per heavy atom. The van der Waals surface area contributed by atoms with Gasteiger partial charge in [-0.3, -0.25) is 13.6 Å². The van der Waals surface area contributed by atoms with E-state index in [1.165, 1.54) is 22.6 Å². The van der Waals surface area contributed by atoms with Crippen molar-refractivity contribution in [3.05, 3.63) is 47.0 Å². The van der Waals surface area contributed by atoms with Crippen molar-refractivity contribution in [2.75, 3.05) is 0 Å². The van der Waals surface area contributed by atoms with Crippen molar-refractivity contribution >= 4 is 24.0 Å². The molecule has 2 heterocycles. The fraction of sp³-hybridized carbons (Fsp3) is 0.429. The maximum absolute atomic E-state index is 10.4. The first-order valence-electron chi connectivity index (χ1n) is 11.7. The summed E-state index contributed by atoms with van der Waals surface area (Å²) in [4.78, 5) is 0. The highest BCUT2D eigenvalue weighted by Gasteiger charge is 2.68. The van der Waals surface area contributed by atoms with Gasteiger partial charge in [-0.25, -0.2) is 0 Å². The molecule has 2 bridgehead atoms. The monoisotopic (exact) mass is 481 g/mol. The van der Waals surface area contributed by atoms with Crippen LogP contribution in [0.25, 0.3) is 10.8 Å². The lowest BCUT2D eigenvalue weighted by Gasteiger charge is -2.29. The molecular formula is C28H34O5P+. The van der Waals surface area contributed by atoms with Crippen LogP contribution in [0.1, 0.15) is 79.0 Å². The molecular weight excluding hydrogens is 447 g/mol. The topological polar surface area (TPSA) is 68.2 Å². The first kappa shape index (κ1) is 23.1. The second kappa shape index (κ2) is 6.73. The van der Waals surface area contributed by atoms with Crippen molar-refractivity contribution in [1.29, 1.82) is 0 Å². The zero-order chi connectivity index (χ0) is 25.0. The fourth-order valence-corrected chi connectivity index (χ4v) is 7.29. The van der Waals surface area contributed by atoms with Crippen molar-refractivity contribution in [1.82, 2.24) is 0 Å². The molecule has 34 heavy (non-hydrogen) atoms. The predicted octanol–water partition coefficient (Wildman–Crippen LogP) is 7.40. The van der Waals surface area contributed by atoms with Crippen LogP contribution in [-0.2, 0) is 16.2 Å². The highest BCUT2D eigenvalue weighted by Crippen LogP contribution is 2.78. The Kier molecular flexibility index (Phi) is 4.57. The molecule has 5 nitrogen and oxygen atoms in total. The summed E-state index contributed by atoms with van der Waals surface area (Å²) in [6, 6.07) is 10.4. The maximum Gasteiger partial charge on any atom is 0.581 e. The van der Waals surface area contributed by atoms with E-state index in [4.69, 9.17) is 13.6 Å². The fourth-order valence-electron chi connectivity index (χ4n) is 4.69. The molecule has 1 unspecified atom stereocenters. The van der Waals surface area contributed by atoms with Gasteiger partial charge < -0.3 is 10.2 Å². The van der Waals surface area contributed by atoms with E-state index in [2.05, 4.69) is 86.6 Å². The Bertz CT molecular complexity index is 1350. The number of aromatic hydroxyl groups is 2.